The van der Waals surface area contributed by atoms with Crippen LogP contribution in [0.5, 0.6) is 0 Å². The average molecular weight is 235 g/mol. The van der Waals surface area contributed by atoms with Crippen molar-refractivity contribution in [2.45, 2.75) is 26.8 Å². The highest BCUT2D eigenvalue weighted by Gasteiger charge is 2.09. The van der Waals surface area contributed by atoms with Crippen LogP contribution in [0.1, 0.15) is 24.0 Å². The van der Waals surface area contributed by atoms with E-state index < -0.39 is 0 Å². The summed E-state index contributed by atoms with van der Waals surface area (Å²) < 4.78 is 5.52. The summed E-state index contributed by atoms with van der Waals surface area (Å²) in [5.74, 6) is 1.03. The lowest BCUT2D eigenvalue weighted by Crippen LogP contribution is -2.13. The van der Waals surface area contributed by atoms with E-state index in [0.717, 1.165) is 25.3 Å². The Hall–Kier alpha value is -1.06. The molecule has 2 aromatic rings. The van der Waals surface area contributed by atoms with Gasteiger partial charge >= 0.3 is 0 Å². The van der Waals surface area contributed by atoms with Crippen molar-refractivity contribution < 1.29 is 4.42 Å². The first-order valence-electron chi connectivity index (χ1n) is 5.64. The van der Waals surface area contributed by atoms with Gasteiger partial charge in [-0.1, -0.05) is 6.92 Å². The first kappa shape index (κ1) is 11.4. The number of hydrogen-bond donors (Lipinski definition) is 1. The molecule has 0 bridgehead atoms. The Morgan fingerprint density at radius 3 is 3.00 bits per heavy atom. The third-order valence-electron chi connectivity index (χ3n) is 2.50. The first-order valence-corrected chi connectivity index (χ1v) is 6.52. The maximum atomic E-state index is 5.52. The van der Waals surface area contributed by atoms with E-state index in [1.807, 2.05) is 6.07 Å². The van der Waals surface area contributed by atoms with Crippen molar-refractivity contribution in [3.63, 3.8) is 0 Å². The molecule has 2 nitrogen and oxygen atoms in total. The Balaban J connectivity index is 2.12. The molecule has 0 aliphatic rings. The minimum atomic E-state index is 0.811. The third kappa shape index (κ3) is 2.54. The Labute approximate surface area is 100 Å². The molecule has 0 atom stereocenters. The number of furan rings is 1. The fraction of sp³-hybridized carbons (Fsp3) is 0.385. The molecule has 0 radical (unpaired) electrons. The molecule has 3 heteroatoms. The molecule has 2 heterocycles. The molecule has 0 aromatic carbocycles. The zero-order chi connectivity index (χ0) is 11.4. The van der Waals surface area contributed by atoms with Crippen LogP contribution in [-0.4, -0.2) is 6.54 Å². The molecule has 86 valence electrons. The van der Waals surface area contributed by atoms with Gasteiger partial charge in [-0.2, -0.15) is 0 Å². The highest BCUT2D eigenvalue weighted by Crippen LogP contribution is 2.28. The van der Waals surface area contributed by atoms with E-state index in [1.165, 1.54) is 16.0 Å². The molecular formula is C13H17NOS. The Kier molecular flexibility index (Phi) is 3.80. The van der Waals surface area contributed by atoms with Crippen LogP contribution >= 0.6 is 11.3 Å². The summed E-state index contributed by atoms with van der Waals surface area (Å²) in [6.07, 6.45) is 2.92. The average Bonchev–Trinajstić information content (AvgIpc) is 2.87. The molecule has 2 aromatic heterocycles. The molecule has 0 fully saturated rings. The predicted octanol–water partition coefficient (Wildman–Crippen LogP) is 3.82. The quantitative estimate of drug-likeness (QED) is 0.797. The van der Waals surface area contributed by atoms with E-state index in [4.69, 9.17) is 4.42 Å². The molecule has 0 saturated carbocycles. The summed E-state index contributed by atoms with van der Waals surface area (Å²) in [5.41, 5.74) is 2.48. The SMILES string of the molecule is CCCNCc1occc1-c1csc(C)c1. The van der Waals surface area contributed by atoms with Crippen LogP contribution in [0, 0.1) is 6.92 Å². The summed E-state index contributed by atoms with van der Waals surface area (Å²) in [5, 5.41) is 5.55. The Bertz CT molecular complexity index is 444. The second kappa shape index (κ2) is 5.32. The maximum absolute atomic E-state index is 5.52. The van der Waals surface area contributed by atoms with Crippen molar-refractivity contribution >= 4 is 11.3 Å². The molecule has 0 amide bonds. The van der Waals surface area contributed by atoms with Gasteiger partial charge in [-0.3, -0.25) is 0 Å². The Morgan fingerprint density at radius 1 is 1.44 bits per heavy atom. The zero-order valence-electron chi connectivity index (χ0n) is 9.75. The van der Waals surface area contributed by atoms with Crippen LogP contribution in [0.25, 0.3) is 11.1 Å². The highest BCUT2D eigenvalue weighted by atomic mass is 32.1. The monoisotopic (exact) mass is 235 g/mol. The number of nitrogens with one attached hydrogen (secondary N) is 1. The lowest BCUT2D eigenvalue weighted by atomic mass is 10.1. The van der Waals surface area contributed by atoms with Crippen molar-refractivity contribution in [2.24, 2.45) is 0 Å². The molecule has 16 heavy (non-hydrogen) atoms. The van der Waals surface area contributed by atoms with E-state index in [1.54, 1.807) is 17.6 Å². The minimum absolute atomic E-state index is 0.811. The lowest BCUT2D eigenvalue weighted by Gasteiger charge is -2.02. The molecule has 0 spiro atoms. The molecule has 1 N–H and O–H groups in total. The van der Waals surface area contributed by atoms with Gasteiger partial charge in [0.1, 0.15) is 5.76 Å². The second-order valence-corrected chi connectivity index (χ2v) is 5.00. The highest BCUT2D eigenvalue weighted by molar-refractivity contribution is 7.10. The first-order chi connectivity index (χ1) is 7.81. The molecule has 0 unspecified atom stereocenters. The van der Waals surface area contributed by atoms with E-state index in [0.29, 0.717) is 0 Å². The van der Waals surface area contributed by atoms with Gasteiger partial charge in [0.2, 0.25) is 0 Å². The van der Waals surface area contributed by atoms with Gasteiger partial charge < -0.3 is 9.73 Å². The van der Waals surface area contributed by atoms with Crippen LogP contribution in [0.15, 0.2) is 28.2 Å². The van der Waals surface area contributed by atoms with Gasteiger partial charge in [-0.25, -0.2) is 0 Å². The zero-order valence-corrected chi connectivity index (χ0v) is 10.6. The van der Waals surface area contributed by atoms with Crippen molar-refractivity contribution in [1.82, 2.24) is 5.32 Å². The number of thiophene rings is 1. The molecule has 0 aliphatic heterocycles. The predicted molar refractivity (Wildman–Crippen MR) is 68.8 cm³/mol. The van der Waals surface area contributed by atoms with E-state index >= 15 is 0 Å². The standard InChI is InChI=1S/C13H17NOS/c1-3-5-14-8-13-12(4-6-15-13)11-7-10(2)16-9-11/h4,6-7,9,14H,3,5,8H2,1-2H3. The second-order valence-electron chi connectivity index (χ2n) is 3.88. The van der Waals surface area contributed by atoms with Crippen molar-refractivity contribution in [3.8, 4) is 11.1 Å². The number of hydrogen-bond acceptors (Lipinski definition) is 3. The van der Waals surface area contributed by atoms with E-state index in [2.05, 4.69) is 30.6 Å². The van der Waals surface area contributed by atoms with Gasteiger partial charge in [0.05, 0.1) is 12.8 Å². The van der Waals surface area contributed by atoms with Crippen molar-refractivity contribution in [1.29, 1.82) is 0 Å². The summed E-state index contributed by atoms with van der Waals surface area (Å²) in [4.78, 5) is 1.34. The molecule has 0 aliphatic carbocycles. The van der Waals surface area contributed by atoms with Crippen LogP contribution in [0.3, 0.4) is 0 Å². The van der Waals surface area contributed by atoms with Crippen LogP contribution in [0.2, 0.25) is 0 Å². The molecule has 2 rings (SSSR count). The van der Waals surface area contributed by atoms with E-state index in [9.17, 15) is 0 Å². The fourth-order valence-corrected chi connectivity index (χ4v) is 2.40. The van der Waals surface area contributed by atoms with Crippen LogP contribution in [-0.2, 0) is 6.54 Å². The molecule has 0 saturated heterocycles. The van der Waals surface area contributed by atoms with Gasteiger partial charge in [-0.05, 0) is 43.0 Å². The normalized spacial score (nSPS) is 10.9. The summed E-state index contributed by atoms with van der Waals surface area (Å²) in [6, 6.07) is 4.25. The maximum Gasteiger partial charge on any atom is 0.125 e. The fourth-order valence-electron chi connectivity index (χ4n) is 1.70. The van der Waals surface area contributed by atoms with Crippen LogP contribution < -0.4 is 5.32 Å². The van der Waals surface area contributed by atoms with Crippen molar-refractivity contribution in [2.75, 3.05) is 6.54 Å². The largest absolute Gasteiger partial charge is 0.467 e. The van der Waals surface area contributed by atoms with Crippen molar-refractivity contribution in [3.05, 3.63) is 34.4 Å². The summed E-state index contributed by atoms with van der Waals surface area (Å²) in [6.45, 7) is 6.13. The van der Waals surface area contributed by atoms with Gasteiger partial charge in [-0.15, -0.1) is 11.3 Å². The number of aryl methyl sites for hydroxylation is 1. The lowest BCUT2D eigenvalue weighted by molar-refractivity contribution is 0.484. The number of rotatable bonds is 5. The van der Waals surface area contributed by atoms with Gasteiger partial charge in [0.15, 0.2) is 0 Å². The summed E-state index contributed by atoms with van der Waals surface area (Å²) >= 11 is 1.78. The topological polar surface area (TPSA) is 25.2 Å². The smallest absolute Gasteiger partial charge is 0.125 e. The molecular weight excluding hydrogens is 218 g/mol. The van der Waals surface area contributed by atoms with E-state index in [-0.39, 0.29) is 0 Å². The third-order valence-corrected chi connectivity index (χ3v) is 3.36. The van der Waals surface area contributed by atoms with Gasteiger partial charge in [0, 0.05) is 10.4 Å². The minimum Gasteiger partial charge on any atom is -0.467 e. The Morgan fingerprint density at radius 2 is 2.31 bits per heavy atom. The summed E-state index contributed by atoms with van der Waals surface area (Å²) in [7, 11) is 0. The van der Waals surface area contributed by atoms with Crippen LogP contribution in [0.4, 0.5) is 0 Å². The van der Waals surface area contributed by atoms with Gasteiger partial charge in [0.25, 0.3) is 0 Å².